The van der Waals surface area contributed by atoms with Crippen LogP contribution in [0.15, 0.2) is 12.6 Å². The fraction of sp³-hybridized carbons (Fsp3) is 0.182. The molecule has 0 aliphatic carbocycles. The lowest BCUT2D eigenvalue weighted by molar-refractivity contribution is 0.0691. The minimum absolute atomic E-state index is 0.303. The average molecular weight is 194 g/mol. The summed E-state index contributed by atoms with van der Waals surface area (Å²) in [6.45, 7) is 6.84. The van der Waals surface area contributed by atoms with Crippen molar-refractivity contribution in [2.45, 2.75) is 13.8 Å². The van der Waals surface area contributed by atoms with Crippen molar-refractivity contribution in [3.05, 3.63) is 40.7 Å². The van der Waals surface area contributed by atoms with E-state index in [-0.39, 0.29) is 5.56 Å². The van der Waals surface area contributed by atoms with Gasteiger partial charge in [0.2, 0.25) is 0 Å². The van der Waals surface area contributed by atoms with E-state index < -0.39 is 11.8 Å². The zero-order valence-corrected chi connectivity index (χ0v) is 8.10. The highest BCUT2D eigenvalue weighted by molar-refractivity contribution is 5.89. The summed E-state index contributed by atoms with van der Waals surface area (Å²) in [5.74, 6) is -1.92. The Morgan fingerprint density at radius 1 is 1.50 bits per heavy atom. The third-order valence-corrected chi connectivity index (χ3v) is 2.31. The van der Waals surface area contributed by atoms with Gasteiger partial charge in [-0.1, -0.05) is 12.7 Å². The number of carbonyl (C=O) groups is 1. The molecule has 1 aromatic rings. The minimum atomic E-state index is -1.26. The van der Waals surface area contributed by atoms with Crippen LogP contribution in [0.2, 0.25) is 0 Å². The molecule has 2 nitrogen and oxygen atoms in total. The van der Waals surface area contributed by atoms with Crippen LogP contribution in [0, 0.1) is 19.7 Å². The van der Waals surface area contributed by atoms with Crippen LogP contribution in [0.1, 0.15) is 27.0 Å². The normalized spacial score (nSPS) is 9.93. The molecule has 0 heterocycles. The number of carboxylic acid groups (broad SMARTS) is 1. The van der Waals surface area contributed by atoms with Crippen molar-refractivity contribution in [3.8, 4) is 0 Å². The lowest BCUT2D eigenvalue weighted by atomic mass is 9.99. The summed E-state index contributed by atoms with van der Waals surface area (Å²) in [5.41, 5.74) is 1.44. The third-order valence-electron chi connectivity index (χ3n) is 2.31. The highest BCUT2D eigenvalue weighted by Gasteiger charge is 2.15. The van der Waals surface area contributed by atoms with Crippen molar-refractivity contribution in [2.75, 3.05) is 0 Å². The standard InChI is InChI=1S/C11H11FO2/c1-4-8-5-9(11(13)14)10(12)7(3)6(8)2/h4-5H,1H2,2-3H3,(H,13,14). The number of benzene rings is 1. The van der Waals surface area contributed by atoms with Crippen LogP contribution in [-0.4, -0.2) is 11.1 Å². The molecule has 0 radical (unpaired) electrons. The molecule has 1 rings (SSSR count). The first-order chi connectivity index (χ1) is 6.49. The molecule has 3 heteroatoms. The zero-order chi connectivity index (χ0) is 10.9. The Morgan fingerprint density at radius 3 is 2.50 bits per heavy atom. The molecule has 0 fully saturated rings. The molecule has 0 amide bonds. The molecule has 1 N–H and O–H groups in total. The number of rotatable bonds is 2. The molecule has 74 valence electrons. The van der Waals surface area contributed by atoms with Crippen molar-refractivity contribution < 1.29 is 14.3 Å². The predicted molar refractivity (Wildman–Crippen MR) is 52.9 cm³/mol. The van der Waals surface area contributed by atoms with E-state index in [0.717, 1.165) is 5.56 Å². The summed E-state index contributed by atoms with van der Waals surface area (Å²) in [7, 11) is 0. The van der Waals surface area contributed by atoms with E-state index in [0.29, 0.717) is 11.1 Å². The van der Waals surface area contributed by atoms with Crippen LogP contribution in [-0.2, 0) is 0 Å². The van der Waals surface area contributed by atoms with Crippen LogP contribution in [0.3, 0.4) is 0 Å². The van der Waals surface area contributed by atoms with Crippen molar-refractivity contribution in [1.29, 1.82) is 0 Å². The maximum absolute atomic E-state index is 13.4. The lowest BCUT2D eigenvalue weighted by Crippen LogP contribution is -2.05. The van der Waals surface area contributed by atoms with Crippen LogP contribution in [0.5, 0.6) is 0 Å². The van der Waals surface area contributed by atoms with Crippen molar-refractivity contribution >= 4 is 12.0 Å². The number of aromatic carboxylic acids is 1. The molecule has 0 unspecified atom stereocenters. The van der Waals surface area contributed by atoms with Gasteiger partial charge in [-0.05, 0) is 36.6 Å². The van der Waals surface area contributed by atoms with Crippen LogP contribution in [0.4, 0.5) is 4.39 Å². The highest BCUT2D eigenvalue weighted by Crippen LogP contribution is 2.21. The summed E-state index contributed by atoms with van der Waals surface area (Å²) in [4.78, 5) is 10.7. The SMILES string of the molecule is C=Cc1cc(C(=O)O)c(F)c(C)c1C. The van der Waals surface area contributed by atoms with Gasteiger partial charge in [0, 0.05) is 0 Å². The summed E-state index contributed by atoms with van der Waals surface area (Å²) < 4.78 is 13.4. The quantitative estimate of drug-likeness (QED) is 0.785. The monoisotopic (exact) mass is 194 g/mol. The van der Waals surface area contributed by atoms with E-state index in [1.807, 2.05) is 0 Å². The molecule has 0 aliphatic heterocycles. The number of hydrogen-bond acceptors (Lipinski definition) is 1. The fourth-order valence-electron chi connectivity index (χ4n) is 1.28. The second-order valence-electron chi connectivity index (χ2n) is 3.09. The highest BCUT2D eigenvalue weighted by atomic mass is 19.1. The van der Waals surface area contributed by atoms with Gasteiger partial charge in [0.1, 0.15) is 5.82 Å². The van der Waals surface area contributed by atoms with E-state index in [9.17, 15) is 9.18 Å². The molecule has 14 heavy (non-hydrogen) atoms. The van der Waals surface area contributed by atoms with E-state index in [4.69, 9.17) is 5.11 Å². The van der Waals surface area contributed by atoms with Crippen LogP contribution < -0.4 is 0 Å². The smallest absolute Gasteiger partial charge is 0.338 e. The zero-order valence-electron chi connectivity index (χ0n) is 8.10. The summed E-state index contributed by atoms with van der Waals surface area (Å²) in [6, 6.07) is 1.30. The summed E-state index contributed by atoms with van der Waals surface area (Å²) in [6.07, 6.45) is 1.52. The van der Waals surface area contributed by atoms with Crippen molar-refractivity contribution in [3.63, 3.8) is 0 Å². The van der Waals surface area contributed by atoms with Gasteiger partial charge in [-0.15, -0.1) is 0 Å². The molecule has 0 saturated heterocycles. The van der Waals surface area contributed by atoms with Crippen molar-refractivity contribution in [2.24, 2.45) is 0 Å². The van der Waals surface area contributed by atoms with Gasteiger partial charge < -0.3 is 5.11 Å². The number of carboxylic acids is 1. The van der Waals surface area contributed by atoms with E-state index in [2.05, 4.69) is 6.58 Å². The lowest BCUT2D eigenvalue weighted by Gasteiger charge is -2.08. The molecule has 0 aromatic heterocycles. The summed E-state index contributed by atoms with van der Waals surface area (Å²) in [5, 5.41) is 8.73. The molecule has 0 atom stereocenters. The average Bonchev–Trinajstić information content (AvgIpc) is 2.14. The molecule has 0 aliphatic rings. The van der Waals surface area contributed by atoms with E-state index in [1.54, 1.807) is 13.8 Å². The van der Waals surface area contributed by atoms with Gasteiger partial charge in [0.25, 0.3) is 0 Å². The van der Waals surface area contributed by atoms with Crippen LogP contribution >= 0.6 is 0 Å². The Hall–Kier alpha value is -1.64. The first-order valence-electron chi connectivity index (χ1n) is 4.14. The topological polar surface area (TPSA) is 37.3 Å². The molecule has 0 bridgehead atoms. The van der Waals surface area contributed by atoms with Gasteiger partial charge >= 0.3 is 5.97 Å². The van der Waals surface area contributed by atoms with E-state index in [1.165, 1.54) is 12.1 Å². The first kappa shape index (κ1) is 10.4. The van der Waals surface area contributed by atoms with Crippen LogP contribution in [0.25, 0.3) is 6.08 Å². The fourth-order valence-corrected chi connectivity index (χ4v) is 1.28. The molecule has 0 saturated carbocycles. The molecule has 0 spiro atoms. The van der Waals surface area contributed by atoms with Crippen molar-refractivity contribution in [1.82, 2.24) is 0 Å². The number of hydrogen-bond donors (Lipinski definition) is 1. The van der Waals surface area contributed by atoms with Gasteiger partial charge in [0.05, 0.1) is 5.56 Å². The Labute approximate surface area is 81.7 Å². The van der Waals surface area contributed by atoms with E-state index >= 15 is 0 Å². The maximum Gasteiger partial charge on any atom is 0.338 e. The minimum Gasteiger partial charge on any atom is -0.478 e. The first-order valence-corrected chi connectivity index (χ1v) is 4.14. The maximum atomic E-state index is 13.4. The van der Waals surface area contributed by atoms with Gasteiger partial charge in [0.15, 0.2) is 0 Å². The second-order valence-corrected chi connectivity index (χ2v) is 3.09. The predicted octanol–water partition coefficient (Wildman–Crippen LogP) is 2.78. The Balaban J connectivity index is 3.56. The number of halogens is 1. The molecule has 1 aromatic carbocycles. The largest absolute Gasteiger partial charge is 0.478 e. The molecular weight excluding hydrogens is 183 g/mol. The summed E-state index contributed by atoms with van der Waals surface area (Å²) >= 11 is 0. The third kappa shape index (κ3) is 1.53. The van der Waals surface area contributed by atoms with Gasteiger partial charge in [-0.25, -0.2) is 9.18 Å². The van der Waals surface area contributed by atoms with Gasteiger partial charge in [-0.2, -0.15) is 0 Å². The molecular formula is C11H11FO2. The Kier molecular flexibility index (Phi) is 2.70. The van der Waals surface area contributed by atoms with Gasteiger partial charge in [-0.3, -0.25) is 0 Å². The Bertz CT molecular complexity index is 408. The second kappa shape index (κ2) is 3.62. The Morgan fingerprint density at radius 2 is 2.07 bits per heavy atom.